The summed E-state index contributed by atoms with van der Waals surface area (Å²) < 4.78 is 26.9. The van der Waals surface area contributed by atoms with Crippen LogP contribution in [0, 0.1) is 0 Å². The van der Waals surface area contributed by atoms with E-state index in [9.17, 15) is 8.78 Å². The highest BCUT2D eigenvalue weighted by molar-refractivity contribution is 6.28. The van der Waals surface area contributed by atoms with Crippen molar-refractivity contribution in [2.75, 3.05) is 0 Å². The van der Waals surface area contributed by atoms with Gasteiger partial charge in [-0.05, 0) is 23.2 Å². The summed E-state index contributed by atoms with van der Waals surface area (Å²) in [5.41, 5.74) is 0. The second kappa shape index (κ2) is 4.58. The molecule has 0 spiro atoms. The molecule has 1 nitrogen and oxygen atoms in total. The summed E-state index contributed by atoms with van der Waals surface area (Å²) in [6, 6.07) is 0. The lowest BCUT2D eigenvalue weighted by molar-refractivity contribution is 0.377. The van der Waals surface area contributed by atoms with Gasteiger partial charge in [-0.3, -0.25) is 0 Å². The van der Waals surface area contributed by atoms with Gasteiger partial charge in [-0.2, -0.15) is 8.78 Å². The second-order valence-electron chi connectivity index (χ2n) is 0.951. The van der Waals surface area contributed by atoms with Gasteiger partial charge in [0.2, 0.25) is 10.6 Å². The Morgan fingerprint density at radius 3 is 1.67 bits per heavy atom. The summed E-state index contributed by atoms with van der Waals surface area (Å²) in [6.07, 6.45) is 1.01. The first-order valence-electron chi connectivity index (χ1n) is 1.80. The first-order valence-corrected chi connectivity index (χ1v) is 2.56. The molecule has 52 valence electrons. The van der Waals surface area contributed by atoms with E-state index in [2.05, 4.69) is 27.9 Å². The maximum atomic E-state index is 11.5. The van der Waals surface area contributed by atoms with Gasteiger partial charge in [0.15, 0.2) is 0 Å². The van der Waals surface area contributed by atoms with Gasteiger partial charge in [-0.15, -0.1) is 0 Å². The largest absolute Gasteiger partial charge is 0.465 e. The average molecular weight is 175 g/mol. The molecule has 0 saturated carbocycles. The normalized spacial score (nSPS) is 13.8. The molecule has 0 aliphatic rings. The fourth-order valence-electron chi connectivity index (χ4n) is 0.137. The molecule has 0 atom stereocenters. The van der Waals surface area contributed by atoms with Crippen molar-refractivity contribution in [1.82, 2.24) is 0 Å². The minimum atomic E-state index is -1.08. The van der Waals surface area contributed by atoms with Crippen molar-refractivity contribution in [3.05, 3.63) is 23.1 Å². The third-order valence-corrected chi connectivity index (χ3v) is 0.492. The SMILES string of the molecule is FC(Cl)=COC=C(F)Cl. The van der Waals surface area contributed by atoms with Gasteiger partial charge in [-0.25, -0.2) is 0 Å². The molecule has 0 aromatic carbocycles. The van der Waals surface area contributed by atoms with Crippen molar-refractivity contribution in [2.24, 2.45) is 0 Å². The van der Waals surface area contributed by atoms with Crippen LogP contribution in [0.2, 0.25) is 0 Å². The van der Waals surface area contributed by atoms with Crippen molar-refractivity contribution in [3.63, 3.8) is 0 Å². The number of hydrogen-bond acceptors (Lipinski definition) is 1. The molecule has 0 N–H and O–H groups in total. The zero-order valence-corrected chi connectivity index (χ0v) is 5.59. The van der Waals surface area contributed by atoms with Crippen LogP contribution in [0.5, 0.6) is 0 Å². The number of rotatable bonds is 2. The van der Waals surface area contributed by atoms with E-state index in [-0.39, 0.29) is 0 Å². The molecule has 0 aliphatic heterocycles. The van der Waals surface area contributed by atoms with Crippen molar-refractivity contribution in [1.29, 1.82) is 0 Å². The minimum Gasteiger partial charge on any atom is -0.465 e. The Kier molecular flexibility index (Phi) is 4.44. The van der Waals surface area contributed by atoms with Gasteiger partial charge < -0.3 is 4.74 Å². The zero-order chi connectivity index (χ0) is 7.28. The first kappa shape index (κ1) is 8.72. The van der Waals surface area contributed by atoms with Crippen LogP contribution in [0.1, 0.15) is 0 Å². The standard InChI is InChI=1S/C4H2Cl2F2O/c5-3(7)1-9-2-4(6)8/h1-2H. The van der Waals surface area contributed by atoms with E-state index in [0.29, 0.717) is 12.5 Å². The molecular weight excluding hydrogens is 173 g/mol. The molecule has 0 fully saturated rings. The van der Waals surface area contributed by atoms with Gasteiger partial charge in [-0.1, -0.05) is 0 Å². The van der Waals surface area contributed by atoms with E-state index in [1.165, 1.54) is 0 Å². The Morgan fingerprint density at radius 1 is 1.11 bits per heavy atom. The van der Waals surface area contributed by atoms with Crippen molar-refractivity contribution < 1.29 is 13.5 Å². The van der Waals surface area contributed by atoms with Gasteiger partial charge in [0, 0.05) is 0 Å². The molecule has 0 aromatic heterocycles. The van der Waals surface area contributed by atoms with E-state index in [1.54, 1.807) is 0 Å². The summed E-state index contributed by atoms with van der Waals surface area (Å²) in [5, 5.41) is -2.16. The Bertz CT molecular complexity index is 120. The number of hydrogen-bond donors (Lipinski definition) is 0. The Labute approximate surface area is 60.5 Å². The van der Waals surface area contributed by atoms with Crippen molar-refractivity contribution >= 4 is 23.2 Å². The fourth-order valence-corrected chi connectivity index (χ4v) is 0.240. The molecule has 0 amide bonds. The van der Waals surface area contributed by atoms with Gasteiger partial charge in [0.1, 0.15) is 12.5 Å². The first-order chi connectivity index (χ1) is 4.13. The quantitative estimate of drug-likeness (QED) is 0.586. The topological polar surface area (TPSA) is 9.23 Å². The zero-order valence-electron chi connectivity index (χ0n) is 4.07. The fraction of sp³-hybridized carbons (Fsp3) is 0. The highest BCUT2D eigenvalue weighted by Crippen LogP contribution is 2.05. The lowest BCUT2D eigenvalue weighted by Gasteiger charge is -1.85. The van der Waals surface area contributed by atoms with Crippen LogP contribution in [0.3, 0.4) is 0 Å². The third-order valence-electron chi connectivity index (χ3n) is 0.314. The molecule has 0 saturated heterocycles. The minimum absolute atomic E-state index is 0.503. The lowest BCUT2D eigenvalue weighted by Crippen LogP contribution is -1.66. The van der Waals surface area contributed by atoms with Crippen LogP contribution in [0.25, 0.3) is 0 Å². The van der Waals surface area contributed by atoms with Crippen LogP contribution in [0.4, 0.5) is 8.78 Å². The van der Waals surface area contributed by atoms with E-state index >= 15 is 0 Å². The molecule has 9 heavy (non-hydrogen) atoms. The lowest BCUT2D eigenvalue weighted by atomic mass is 11.0. The Balaban J connectivity index is 3.53. The predicted molar refractivity (Wildman–Crippen MR) is 31.2 cm³/mol. The highest BCUT2D eigenvalue weighted by atomic mass is 35.5. The summed E-state index contributed by atoms with van der Waals surface area (Å²) >= 11 is 9.27. The summed E-state index contributed by atoms with van der Waals surface area (Å²) in [4.78, 5) is 0. The molecule has 0 aromatic rings. The molecule has 0 heterocycles. The number of ether oxygens (including phenoxy) is 1. The third kappa shape index (κ3) is 7.72. The van der Waals surface area contributed by atoms with Gasteiger partial charge >= 0.3 is 0 Å². The smallest absolute Gasteiger partial charge is 0.224 e. The molecule has 0 radical (unpaired) electrons. The van der Waals surface area contributed by atoms with E-state index in [1.807, 2.05) is 0 Å². The summed E-state index contributed by atoms with van der Waals surface area (Å²) in [6.45, 7) is 0. The predicted octanol–water partition coefficient (Wildman–Crippen LogP) is 3.02. The van der Waals surface area contributed by atoms with E-state index < -0.39 is 10.6 Å². The van der Waals surface area contributed by atoms with Crippen LogP contribution in [-0.4, -0.2) is 0 Å². The van der Waals surface area contributed by atoms with Gasteiger partial charge in [0.05, 0.1) is 0 Å². The Morgan fingerprint density at radius 2 is 1.44 bits per heavy atom. The molecule has 0 aliphatic carbocycles. The molecular formula is C4H2Cl2F2O. The Hall–Kier alpha value is -0.280. The molecule has 5 heteroatoms. The maximum Gasteiger partial charge on any atom is 0.224 e. The van der Waals surface area contributed by atoms with Crippen LogP contribution in [0.15, 0.2) is 23.1 Å². The monoisotopic (exact) mass is 174 g/mol. The maximum absolute atomic E-state index is 11.5. The second-order valence-corrected chi connectivity index (χ2v) is 1.67. The van der Waals surface area contributed by atoms with Crippen LogP contribution in [-0.2, 0) is 4.74 Å². The number of halogens is 4. The van der Waals surface area contributed by atoms with Gasteiger partial charge in [0.25, 0.3) is 0 Å². The highest BCUT2D eigenvalue weighted by Gasteiger charge is 1.85. The molecule has 0 rings (SSSR count). The molecule has 0 unspecified atom stereocenters. The van der Waals surface area contributed by atoms with Crippen molar-refractivity contribution in [2.45, 2.75) is 0 Å². The van der Waals surface area contributed by atoms with E-state index in [4.69, 9.17) is 0 Å². The average Bonchev–Trinajstić information content (AvgIpc) is 1.63. The van der Waals surface area contributed by atoms with Crippen molar-refractivity contribution in [3.8, 4) is 0 Å². The van der Waals surface area contributed by atoms with Crippen LogP contribution < -0.4 is 0 Å². The summed E-state index contributed by atoms with van der Waals surface area (Å²) in [7, 11) is 0. The van der Waals surface area contributed by atoms with Crippen LogP contribution >= 0.6 is 23.2 Å². The summed E-state index contributed by atoms with van der Waals surface area (Å²) in [5.74, 6) is 0. The van der Waals surface area contributed by atoms with E-state index in [0.717, 1.165) is 0 Å². The molecule has 0 bridgehead atoms.